The van der Waals surface area contributed by atoms with Crippen LogP contribution in [0.3, 0.4) is 0 Å². The normalized spacial score (nSPS) is 16.5. The van der Waals surface area contributed by atoms with Crippen molar-refractivity contribution in [2.45, 2.75) is 38.9 Å². The van der Waals surface area contributed by atoms with Crippen molar-refractivity contribution in [3.05, 3.63) is 65.5 Å². The molecule has 3 aromatic rings. The van der Waals surface area contributed by atoms with Crippen LogP contribution in [0.4, 0.5) is 16.0 Å². The van der Waals surface area contributed by atoms with Gasteiger partial charge in [0.25, 0.3) is 0 Å². The van der Waals surface area contributed by atoms with Crippen molar-refractivity contribution in [1.29, 1.82) is 0 Å². The average molecular weight is 378 g/mol. The van der Waals surface area contributed by atoms with Gasteiger partial charge in [0.05, 0.1) is 25.0 Å². The maximum Gasteiger partial charge on any atom is 0.134 e. The molecular weight excluding hydrogens is 355 g/mol. The molecule has 28 heavy (non-hydrogen) atoms. The average Bonchev–Trinajstić information content (AvgIpc) is 3.32. The van der Waals surface area contributed by atoms with Crippen molar-refractivity contribution in [3.8, 4) is 0 Å². The van der Waals surface area contributed by atoms with Crippen LogP contribution >= 0.6 is 0 Å². The molecule has 0 spiro atoms. The second-order valence-corrected chi connectivity index (χ2v) is 7.54. The molecule has 1 aromatic carbocycles. The predicted octanol–water partition coefficient (Wildman–Crippen LogP) is 3.37. The van der Waals surface area contributed by atoms with Crippen LogP contribution < -0.4 is 9.80 Å². The summed E-state index contributed by atoms with van der Waals surface area (Å²) in [5, 5.41) is 4.53. The Balaban J connectivity index is 1.33. The van der Waals surface area contributed by atoms with Gasteiger partial charge in [-0.25, -0.2) is 14.4 Å². The van der Waals surface area contributed by atoms with Gasteiger partial charge in [0, 0.05) is 31.3 Å². The highest BCUT2D eigenvalue weighted by molar-refractivity contribution is 5.52. The maximum atomic E-state index is 13.1. The maximum absolute atomic E-state index is 13.1. The van der Waals surface area contributed by atoms with Gasteiger partial charge in [-0.2, -0.15) is 5.10 Å². The van der Waals surface area contributed by atoms with E-state index in [1.807, 2.05) is 23.0 Å². The molecule has 2 aliphatic rings. The monoisotopic (exact) mass is 378 g/mol. The van der Waals surface area contributed by atoms with Crippen LogP contribution in [-0.4, -0.2) is 32.8 Å². The summed E-state index contributed by atoms with van der Waals surface area (Å²) >= 11 is 0. The molecule has 1 fully saturated rings. The summed E-state index contributed by atoms with van der Waals surface area (Å²) < 4.78 is 15.2. The zero-order valence-electron chi connectivity index (χ0n) is 15.8. The number of fused-ring (bicyclic) bond motifs is 1. The van der Waals surface area contributed by atoms with Crippen LogP contribution in [0.2, 0.25) is 0 Å². The molecule has 0 aliphatic carbocycles. The molecule has 5 rings (SSSR count). The van der Waals surface area contributed by atoms with Crippen molar-refractivity contribution in [3.63, 3.8) is 0 Å². The SMILES string of the molecule is Fc1ccc(Cn2ncc3c2CN(c2cc(N4CCCCC4)ncn2)C3)cc1. The van der Waals surface area contributed by atoms with E-state index in [0.717, 1.165) is 43.4 Å². The van der Waals surface area contributed by atoms with Crippen molar-refractivity contribution < 1.29 is 4.39 Å². The summed E-state index contributed by atoms with van der Waals surface area (Å²) in [5.74, 6) is 1.77. The predicted molar refractivity (Wildman–Crippen MR) is 106 cm³/mol. The third-order valence-corrected chi connectivity index (χ3v) is 5.62. The number of halogens is 1. The third kappa shape index (κ3) is 3.32. The van der Waals surface area contributed by atoms with Gasteiger partial charge < -0.3 is 9.80 Å². The van der Waals surface area contributed by atoms with Crippen molar-refractivity contribution in [1.82, 2.24) is 19.7 Å². The van der Waals surface area contributed by atoms with E-state index in [1.54, 1.807) is 6.33 Å². The molecule has 4 heterocycles. The van der Waals surface area contributed by atoms with Crippen LogP contribution in [0.1, 0.15) is 36.1 Å². The lowest BCUT2D eigenvalue weighted by Gasteiger charge is -2.28. The van der Waals surface area contributed by atoms with E-state index in [1.165, 1.54) is 42.7 Å². The quantitative estimate of drug-likeness (QED) is 0.697. The van der Waals surface area contributed by atoms with Crippen molar-refractivity contribution in [2.75, 3.05) is 22.9 Å². The Bertz CT molecular complexity index is 961. The largest absolute Gasteiger partial charge is 0.356 e. The summed E-state index contributed by atoms with van der Waals surface area (Å²) in [5.41, 5.74) is 3.46. The molecule has 2 aromatic heterocycles. The molecule has 0 N–H and O–H groups in total. The van der Waals surface area contributed by atoms with E-state index in [0.29, 0.717) is 6.54 Å². The number of anilines is 2. The fourth-order valence-electron chi connectivity index (χ4n) is 4.07. The van der Waals surface area contributed by atoms with Gasteiger partial charge >= 0.3 is 0 Å². The summed E-state index contributed by atoms with van der Waals surface area (Å²) in [7, 11) is 0. The third-order valence-electron chi connectivity index (χ3n) is 5.62. The van der Waals surface area contributed by atoms with Crippen LogP contribution in [0.25, 0.3) is 0 Å². The van der Waals surface area contributed by atoms with Gasteiger partial charge in [0.15, 0.2) is 0 Å². The molecule has 0 radical (unpaired) electrons. The van der Waals surface area contributed by atoms with Gasteiger partial charge in [0.1, 0.15) is 23.8 Å². The highest BCUT2D eigenvalue weighted by Gasteiger charge is 2.25. The molecule has 144 valence electrons. The molecule has 0 amide bonds. The number of aromatic nitrogens is 4. The minimum Gasteiger partial charge on any atom is -0.356 e. The lowest BCUT2D eigenvalue weighted by molar-refractivity contribution is 0.573. The molecule has 7 heteroatoms. The lowest BCUT2D eigenvalue weighted by Crippen LogP contribution is -2.30. The Morgan fingerprint density at radius 3 is 2.43 bits per heavy atom. The van der Waals surface area contributed by atoms with Crippen LogP contribution in [0.5, 0.6) is 0 Å². The van der Waals surface area contributed by atoms with E-state index < -0.39 is 0 Å². The highest BCUT2D eigenvalue weighted by Crippen LogP contribution is 2.29. The zero-order valence-corrected chi connectivity index (χ0v) is 15.8. The summed E-state index contributed by atoms with van der Waals surface area (Å²) in [6, 6.07) is 8.72. The van der Waals surface area contributed by atoms with Gasteiger partial charge in [-0.1, -0.05) is 12.1 Å². The fourth-order valence-corrected chi connectivity index (χ4v) is 4.07. The number of hydrogen-bond acceptors (Lipinski definition) is 5. The Hall–Kier alpha value is -2.96. The molecule has 2 aliphatic heterocycles. The first-order chi connectivity index (χ1) is 13.8. The number of piperidine rings is 1. The smallest absolute Gasteiger partial charge is 0.134 e. The molecule has 0 bridgehead atoms. The summed E-state index contributed by atoms with van der Waals surface area (Å²) in [6.45, 7) is 4.36. The van der Waals surface area contributed by atoms with Crippen LogP contribution in [0, 0.1) is 5.82 Å². The van der Waals surface area contributed by atoms with Gasteiger partial charge in [-0.05, 0) is 37.0 Å². The Kier molecular flexibility index (Phi) is 4.43. The first-order valence-corrected chi connectivity index (χ1v) is 9.86. The summed E-state index contributed by atoms with van der Waals surface area (Å²) in [6.07, 6.45) is 7.38. The van der Waals surface area contributed by atoms with E-state index >= 15 is 0 Å². The van der Waals surface area contributed by atoms with Crippen LogP contribution in [0.15, 0.2) is 42.9 Å². The minimum atomic E-state index is -0.214. The van der Waals surface area contributed by atoms with Crippen molar-refractivity contribution >= 4 is 11.6 Å². The molecule has 6 nitrogen and oxygen atoms in total. The Morgan fingerprint density at radius 2 is 1.64 bits per heavy atom. The van der Waals surface area contributed by atoms with Gasteiger partial charge in [-0.3, -0.25) is 4.68 Å². The first kappa shape index (κ1) is 17.2. The second-order valence-electron chi connectivity index (χ2n) is 7.54. The fraction of sp³-hybridized carbons (Fsp3) is 0.381. The zero-order chi connectivity index (χ0) is 18.9. The standard InChI is InChI=1S/C21H23FN6/c22-18-6-4-16(5-7-18)12-28-19-14-27(13-17(19)11-25-28)21-10-20(23-15-24-21)26-8-2-1-3-9-26/h4-7,10-11,15H,1-3,8-9,12-14H2. The van der Waals surface area contributed by atoms with E-state index in [4.69, 9.17) is 0 Å². The molecular formula is C21H23FN6. The number of benzene rings is 1. The molecule has 0 atom stereocenters. The van der Waals surface area contributed by atoms with Crippen LogP contribution in [-0.2, 0) is 19.6 Å². The van der Waals surface area contributed by atoms with E-state index in [-0.39, 0.29) is 5.82 Å². The Labute approximate surface area is 163 Å². The Morgan fingerprint density at radius 1 is 0.893 bits per heavy atom. The van der Waals surface area contributed by atoms with E-state index in [2.05, 4.69) is 30.9 Å². The molecule has 0 saturated carbocycles. The first-order valence-electron chi connectivity index (χ1n) is 9.86. The number of nitrogens with zero attached hydrogens (tertiary/aromatic N) is 6. The highest BCUT2D eigenvalue weighted by atomic mass is 19.1. The van der Waals surface area contributed by atoms with Gasteiger partial charge in [-0.15, -0.1) is 0 Å². The lowest BCUT2D eigenvalue weighted by atomic mass is 10.1. The second kappa shape index (κ2) is 7.22. The molecule has 0 unspecified atom stereocenters. The van der Waals surface area contributed by atoms with Crippen molar-refractivity contribution in [2.24, 2.45) is 0 Å². The van der Waals surface area contributed by atoms with E-state index in [9.17, 15) is 4.39 Å². The molecule has 1 saturated heterocycles. The topological polar surface area (TPSA) is 50.1 Å². The number of rotatable bonds is 4. The number of hydrogen-bond donors (Lipinski definition) is 0. The van der Waals surface area contributed by atoms with Gasteiger partial charge in [0.2, 0.25) is 0 Å². The summed E-state index contributed by atoms with van der Waals surface area (Å²) in [4.78, 5) is 13.6. The minimum absolute atomic E-state index is 0.214.